The van der Waals surface area contributed by atoms with Gasteiger partial charge in [-0.25, -0.2) is 9.97 Å². The van der Waals surface area contributed by atoms with Crippen molar-refractivity contribution in [3.8, 4) is 33.6 Å². The Labute approximate surface area is 148 Å². The summed E-state index contributed by atoms with van der Waals surface area (Å²) in [6.07, 6.45) is 0. The first-order valence-corrected chi connectivity index (χ1v) is 8.15. The molecule has 0 N–H and O–H groups in total. The fraction of sp³-hybridized carbons (Fsp3) is 0. The van der Waals surface area contributed by atoms with Crippen molar-refractivity contribution < 1.29 is 0 Å². The zero-order chi connectivity index (χ0) is 17.1. The zero-order valence-electron chi connectivity index (χ0n) is 13.6. The summed E-state index contributed by atoms with van der Waals surface area (Å²) in [5.74, 6) is 0. The van der Waals surface area contributed by atoms with Gasteiger partial charge in [-0.2, -0.15) is 0 Å². The standard InChI is InChI=1S/C22H15BN2/c23-22-24-20(18-9-5-2-6-10-18)15-21(25-22)19-13-11-17(12-14-19)16-7-3-1-4-8-16/h1-15H. The summed E-state index contributed by atoms with van der Waals surface area (Å²) in [5.41, 5.74) is 6.35. The molecule has 0 fully saturated rings. The largest absolute Gasteiger partial charge is 0.245 e. The number of hydrogen-bond acceptors (Lipinski definition) is 2. The van der Waals surface area contributed by atoms with E-state index in [1.54, 1.807) is 0 Å². The Morgan fingerprint density at radius 2 is 0.880 bits per heavy atom. The van der Waals surface area contributed by atoms with Gasteiger partial charge in [0, 0.05) is 11.1 Å². The predicted molar refractivity (Wildman–Crippen MR) is 104 cm³/mol. The Morgan fingerprint density at radius 3 is 1.44 bits per heavy atom. The highest BCUT2D eigenvalue weighted by Gasteiger charge is 2.06. The average Bonchev–Trinajstić information content (AvgIpc) is 2.69. The quantitative estimate of drug-likeness (QED) is 0.527. The summed E-state index contributed by atoms with van der Waals surface area (Å²) in [7, 11) is 5.93. The molecule has 0 amide bonds. The van der Waals surface area contributed by atoms with Gasteiger partial charge in [0.15, 0.2) is 7.85 Å². The number of benzene rings is 3. The number of rotatable bonds is 3. The van der Waals surface area contributed by atoms with Gasteiger partial charge in [-0.3, -0.25) is 0 Å². The predicted octanol–water partition coefficient (Wildman–Crippen LogP) is 4.27. The highest BCUT2D eigenvalue weighted by Crippen LogP contribution is 2.25. The fourth-order valence-electron chi connectivity index (χ4n) is 2.83. The lowest BCUT2D eigenvalue weighted by atomic mass is 10.0. The van der Waals surface area contributed by atoms with Crippen molar-refractivity contribution in [2.45, 2.75) is 0 Å². The van der Waals surface area contributed by atoms with Crippen LogP contribution in [0.15, 0.2) is 91.0 Å². The molecule has 25 heavy (non-hydrogen) atoms. The van der Waals surface area contributed by atoms with E-state index in [9.17, 15) is 0 Å². The maximum absolute atomic E-state index is 5.93. The first-order chi connectivity index (χ1) is 12.3. The van der Waals surface area contributed by atoms with E-state index in [0.717, 1.165) is 22.5 Å². The lowest BCUT2D eigenvalue weighted by Crippen LogP contribution is -2.14. The molecule has 0 aliphatic rings. The number of hydrogen-bond donors (Lipinski definition) is 0. The van der Waals surface area contributed by atoms with Crippen LogP contribution in [-0.2, 0) is 0 Å². The highest BCUT2D eigenvalue weighted by atomic mass is 14.9. The summed E-state index contributed by atoms with van der Waals surface area (Å²) in [6.45, 7) is 0. The van der Waals surface area contributed by atoms with Gasteiger partial charge < -0.3 is 0 Å². The second-order valence-electron chi connectivity index (χ2n) is 5.81. The molecule has 0 atom stereocenters. The fourth-order valence-corrected chi connectivity index (χ4v) is 2.83. The third kappa shape index (κ3) is 3.36. The molecule has 2 nitrogen and oxygen atoms in total. The van der Waals surface area contributed by atoms with Crippen LogP contribution in [0.1, 0.15) is 0 Å². The summed E-state index contributed by atoms with van der Waals surface area (Å²) in [5, 5.41) is 0. The van der Waals surface area contributed by atoms with Crippen LogP contribution < -0.4 is 5.72 Å². The SMILES string of the molecule is [B]c1nc(-c2ccccc2)cc(-c2ccc(-c3ccccc3)cc2)n1. The van der Waals surface area contributed by atoms with Crippen LogP contribution in [0.2, 0.25) is 0 Å². The van der Waals surface area contributed by atoms with Gasteiger partial charge in [-0.15, -0.1) is 0 Å². The van der Waals surface area contributed by atoms with Crippen LogP contribution in [0, 0.1) is 0 Å². The second-order valence-corrected chi connectivity index (χ2v) is 5.81. The lowest BCUT2D eigenvalue weighted by Gasteiger charge is -2.08. The molecular weight excluding hydrogens is 303 g/mol. The molecule has 4 aromatic rings. The Morgan fingerprint density at radius 1 is 0.480 bits per heavy atom. The maximum Gasteiger partial charge on any atom is 0.170 e. The van der Waals surface area contributed by atoms with Crippen molar-refractivity contribution in [2.75, 3.05) is 0 Å². The molecule has 0 aliphatic carbocycles. The Balaban J connectivity index is 1.71. The Hall–Kier alpha value is -3.20. The Kier molecular flexibility index (Phi) is 4.13. The van der Waals surface area contributed by atoms with Crippen LogP contribution in [0.25, 0.3) is 33.6 Å². The smallest absolute Gasteiger partial charge is 0.170 e. The molecule has 0 aliphatic heterocycles. The van der Waals surface area contributed by atoms with Crippen molar-refractivity contribution in [2.24, 2.45) is 0 Å². The first-order valence-electron chi connectivity index (χ1n) is 8.15. The molecule has 0 bridgehead atoms. The molecule has 0 spiro atoms. The highest BCUT2D eigenvalue weighted by molar-refractivity contribution is 6.29. The molecule has 1 heterocycles. The van der Waals surface area contributed by atoms with Gasteiger partial charge in [-0.05, 0) is 17.2 Å². The molecule has 3 heteroatoms. The van der Waals surface area contributed by atoms with Crippen molar-refractivity contribution in [3.05, 3.63) is 91.0 Å². The van der Waals surface area contributed by atoms with Gasteiger partial charge in [0.25, 0.3) is 0 Å². The van der Waals surface area contributed by atoms with Gasteiger partial charge in [-0.1, -0.05) is 84.9 Å². The van der Waals surface area contributed by atoms with Crippen LogP contribution in [-0.4, -0.2) is 17.8 Å². The zero-order valence-corrected chi connectivity index (χ0v) is 13.6. The summed E-state index contributed by atoms with van der Waals surface area (Å²) in [6, 6.07) is 30.6. The Bertz CT molecular complexity index is 981. The molecule has 0 saturated heterocycles. The normalized spacial score (nSPS) is 10.6. The molecule has 4 rings (SSSR count). The van der Waals surface area contributed by atoms with Crippen LogP contribution in [0.4, 0.5) is 0 Å². The minimum Gasteiger partial charge on any atom is -0.245 e. The van der Waals surface area contributed by atoms with Gasteiger partial charge in [0.1, 0.15) is 0 Å². The van der Waals surface area contributed by atoms with E-state index >= 15 is 0 Å². The molecule has 116 valence electrons. The number of aromatic nitrogens is 2. The monoisotopic (exact) mass is 318 g/mol. The van der Waals surface area contributed by atoms with Gasteiger partial charge in [0.05, 0.1) is 17.1 Å². The third-order valence-corrected chi connectivity index (χ3v) is 4.10. The minimum absolute atomic E-state index is 0.281. The molecule has 0 unspecified atom stereocenters. The minimum atomic E-state index is 0.281. The average molecular weight is 318 g/mol. The molecule has 2 radical (unpaired) electrons. The van der Waals surface area contributed by atoms with Crippen molar-refractivity contribution in [1.82, 2.24) is 9.97 Å². The topological polar surface area (TPSA) is 25.8 Å². The van der Waals surface area contributed by atoms with E-state index in [2.05, 4.69) is 46.4 Å². The summed E-state index contributed by atoms with van der Waals surface area (Å²) in [4.78, 5) is 8.76. The van der Waals surface area contributed by atoms with E-state index < -0.39 is 0 Å². The van der Waals surface area contributed by atoms with Crippen molar-refractivity contribution in [3.63, 3.8) is 0 Å². The first kappa shape index (κ1) is 15.3. The van der Waals surface area contributed by atoms with Crippen molar-refractivity contribution in [1.29, 1.82) is 0 Å². The summed E-state index contributed by atoms with van der Waals surface area (Å²) >= 11 is 0. The molecule has 0 saturated carbocycles. The van der Waals surface area contributed by atoms with E-state index in [1.807, 2.05) is 54.6 Å². The molecular formula is C22H15BN2. The third-order valence-electron chi connectivity index (χ3n) is 4.10. The van der Waals surface area contributed by atoms with Crippen LogP contribution >= 0.6 is 0 Å². The van der Waals surface area contributed by atoms with E-state index in [4.69, 9.17) is 7.85 Å². The van der Waals surface area contributed by atoms with Gasteiger partial charge in [0.2, 0.25) is 0 Å². The lowest BCUT2D eigenvalue weighted by molar-refractivity contribution is 1.24. The van der Waals surface area contributed by atoms with E-state index in [-0.39, 0.29) is 5.72 Å². The van der Waals surface area contributed by atoms with Crippen molar-refractivity contribution >= 4 is 13.6 Å². The molecule has 1 aromatic heterocycles. The van der Waals surface area contributed by atoms with Gasteiger partial charge >= 0.3 is 0 Å². The van der Waals surface area contributed by atoms with E-state index in [0.29, 0.717) is 0 Å². The molecule has 3 aromatic carbocycles. The van der Waals surface area contributed by atoms with Crippen LogP contribution in [0.3, 0.4) is 0 Å². The van der Waals surface area contributed by atoms with E-state index in [1.165, 1.54) is 11.1 Å². The maximum atomic E-state index is 5.93. The second kappa shape index (κ2) is 6.74. The number of nitrogens with zero attached hydrogens (tertiary/aromatic N) is 2. The van der Waals surface area contributed by atoms with Crippen LogP contribution in [0.5, 0.6) is 0 Å². The summed E-state index contributed by atoms with van der Waals surface area (Å²) < 4.78 is 0.